The fourth-order valence-electron chi connectivity index (χ4n) is 3.67. The zero-order valence-electron chi connectivity index (χ0n) is 17.1. The Labute approximate surface area is 174 Å². The Bertz CT molecular complexity index is 1110. The van der Waals surface area contributed by atoms with Crippen LogP contribution in [0.1, 0.15) is 16.2 Å². The number of H-pyrrole nitrogens is 1. The van der Waals surface area contributed by atoms with Gasteiger partial charge in [-0.15, -0.1) is 0 Å². The minimum absolute atomic E-state index is 0.0496. The van der Waals surface area contributed by atoms with Gasteiger partial charge in [0.25, 0.3) is 11.5 Å². The number of nitrogens with zero attached hydrogens (tertiary/aromatic N) is 3. The van der Waals surface area contributed by atoms with Gasteiger partial charge in [0.1, 0.15) is 5.82 Å². The van der Waals surface area contributed by atoms with Crippen LogP contribution in [0.4, 0.5) is 0 Å². The van der Waals surface area contributed by atoms with Crippen LogP contribution in [0, 0.1) is 0 Å². The molecule has 8 nitrogen and oxygen atoms in total. The van der Waals surface area contributed by atoms with Crippen LogP contribution >= 0.6 is 0 Å². The molecule has 0 unspecified atom stereocenters. The van der Waals surface area contributed by atoms with Gasteiger partial charge in [-0.3, -0.25) is 14.5 Å². The van der Waals surface area contributed by atoms with E-state index in [9.17, 15) is 9.59 Å². The Hall–Kier alpha value is -3.39. The molecule has 0 bridgehead atoms. The van der Waals surface area contributed by atoms with E-state index in [2.05, 4.69) is 14.9 Å². The highest BCUT2D eigenvalue weighted by Crippen LogP contribution is 2.30. The fourth-order valence-corrected chi connectivity index (χ4v) is 3.67. The molecule has 0 radical (unpaired) electrons. The van der Waals surface area contributed by atoms with Crippen LogP contribution in [-0.4, -0.2) is 66.1 Å². The van der Waals surface area contributed by atoms with E-state index in [4.69, 9.17) is 9.47 Å². The number of hydrogen-bond donors (Lipinski definition) is 1. The number of aromatic amines is 1. The van der Waals surface area contributed by atoms with Crippen LogP contribution in [0.25, 0.3) is 10.9 Å². The molecule has 2 aromatic carbocycles. The first-order valence-corrected chi connectivity index (χ1v) is 9.80. The number of ether oxygens (including phenoxy) is 2. The summed E-state index contributed by atoms with van der Waals surface area (Å²) in [5.41, 5.74) is 1.05. The van der Waals surface area contributed by atoms with Gasteiger partial charge < -0.3 is 19.4 Å². The van der Waals surface area contributed by atoms with Crippen LogP contribution in [0.15, 0.2) is 47.3 Å². The van der Waals surface area contributed by atoms with E-state index >= 15 is 0 Å². The molecule has 0 atom stereocenters. The average molecular weight is 408 g/mol. The normalized spacial score (nSPS) is 14.7. The molecule has 156 valence electrons. The molecule has 1 aromatic heterocycles. The smallest absolute Gasteiger partial charge is 0.258 e. The van der Waals surface area contributed by atoms with Crippen LogP contribution in [-0.2, 0) is 6.54 Å². The van der Waals surface area contributed by atoms with E-state index in [0.29, 0.717) is 66.5 Å². The SMILES string of the molecule is COc1cc2nc(CN3CCN(C(=O)c4ccccc4)CC3)[nH]c(=O)c2cc1OC. The summed E-state index contributed by atoms with van der Waals surface area (Å²) in [5.74, 6) is 1.66. The van der Waals surface area contributed by atoms with Gasteiger partial charge in [0, 0.05) is 37.8 Å². The third kappa shape index (κ3) is 3.99. The number of hydrogen-bond acceptors (Lipinski definition) is 6. The van der Waals surface area contributed by atoms with Crippen LogP contribution in [0.2, 0.25) is 0 Å². The molecule has 0 spiro atoms. The van der Waals surface area contributed by atoms with Crippen molar-refractivity contribution in [2.24, 2.45) is 0 Å². The molecular formula is C22H24N4O4. The number of nitrogens with one attached hydrogen (secondary N) is 1. The van der Waals surface area contributed by atoms with Crippen molar-refractivity contribution in [3.05, 3.63) is 64.2 Å². The van der Waals surface area contributed by atoms with Gasteiger partial charge in [-0.2, -0.15) is 0 Å². The maximum absolute atomic E-state index is 12.6. The molecule has 1 aliphatic rings. The van der Waals surface area contributed by atoms with Gasteiger partial charge in [0.05, 0.1) is 31.7 Å². The van der Waals surface area contributed by atoms with Crippen molar-refractivity contribution >= 4 is 16.8 Å². The topological polar surface area (TPSA) is 87.8 Å². The monoisotopic (exact) mass is 408 g/mol. The number of amides is 1. The molecule has 0 saturated carbocycles. The lowest BCUT2D eigenvalue weighted by Gasteiger charge is -2.34. The molecular weight excluding hydrogens is 384 g/mol. The predicted octanol–water partition coefficient (Wildman–Crippen LogP) is 1.90. The third-order valence-electron chi connectivity index (χ3n) is 5.31. The van der Waals surface area contributed by atoms with Gasteiger partial charge in [-0.1, -0.05) is 18.2 Å². The molecule has 0 aliphatic carbocycles. The lowest BCUT2D eigenvalue weighted by molar-refractivity contribution is 0.0625. The summed E-state index contributed by atoms with van der Waals surface area (Å²) in [6, 6.07) is 12.7. The Kier molecular flexibility index (Phi) is 5.67. The minimum Gasteiger partial charge on any atom is -0.493 e. The Morgan fingerprint density at radius 1 is 1.03 bits per heavy atom. The minimum atomic E-state index is -0.214. The summed E-state index contributed by atoms with van der Waals surface area (Å²) in [5, 5.41) is 0.453. The predicted molar refractivity (Wildman–Crippen MR) is 113 cm³/mol. The maximum Gasteiger partial charge on any atom is 0.258 e. The summed E-state index contributed by atoms with van der Waals surface area (Å²) in [7, 11) is 3.08. The molecule has 4 rings (SSSR count). The van der Waals surface area contributed by atoms with Crippen LogP contribution < -0.4 is 15.0 Å². The van der Waals surface area contributed by atoms with Crippen molar-refractivity contribution < 1.29 is 14.3 Å². The maximum atomic E-state index is 12.6. The number of aromatic nitrogens is 2. The molecule has 8 heteroatoms. The molecule has 1 fully saturated rings. The molecule has 1 N–H and O–H groups in total. The summed E-state index contributed by atoms with van der Waals surface area (Å²) in [6.07, 6.45) is 0. The second-order valence-corrected chi connectivity index (χ2v) is 7.17. The van der Waals surface area contributed by atoms with Gasteiger partial charge in [-0.25, -0.2) is 4.98 Å². The highest BCUT2D eigenvalue weighted by Gasteiger charge is 2.22. The number of benzene rings is 2. The van der Waals surface area contributed by atoms with E-state index < -0.39 is 0 Å². The van der Waals surface area contributed by atoms with Crippen molar-refractivity contribution in [2.75, 3.05) is 40.4 Å². The van der Waals surface area contributed by atoms with Crippen molar-refractivity contribution in [1.29, 1.82) is 0 Å². The summed E-state index contributed by atoms with van der Waals surface area (Å²) in [4.78, 5) is 36.6. The van der Waals surface area contributed by atoms with E-state index in [0.717, 1.165) is 0 Å². The van der Waals surface area contributed by atoms with Gasteiger partial charge in [0.15, 0.2) is 11.5 Å². The van der Waals surface area contributed by atoms with Crippen molar-refractivity contribution in [1.82, 2.24) is 19.8 Å². The van der Waals surface area contributed by atoms with E-state index in [-0.39, 0.29) is 11.5 Å². The van der Waals surface area contributed by atoms with E-state index in [1.807, 2.05) is 35.2 Å². The van der Waals surface area contributed by atoms with Crippen molar-refractivity contribution in [2.45, 2.75) is 6.54 Å². The second kappa shape index (κ2) is 8.54. The number of carbonyl (C=O) groups is 1. The Morgan fingerprint density at radius 3 is 2.37 bits per heavy atom. The summed E-state index contributed by atoms with van der Waals surface area (Å²) >= 11 is 0. The lowest BCUT2D eigenvalue weighted by atomic mass is 10.2. The standard InChI is InChI=1S/C22H24N4O4/c1-29-18-12-16-17(13-19(18)30-2)23-20(24-21(16)27)14-25-8-10-26(11-9-25)22(28)15-6-4-3-5-7-15/h3-7,12-13H,8-11,14H2,1-2H3,(H,23,24,27). The van der Waals surface area contributed by atoms with Gasteiger partial charge in [0.2, 0.25) is 0 Å². The first-order valence-electron chi connectivity index (χ1n) is 9.80. The Morgan fingerprint density at radius 2 is 1.70 bits per heavy atom. The molecule has 1 saturated heterocycles. The number of piperazine rings is 1. The van der Waals surface area contributed by atoms with Crippen molar-refractivity contribution in [3.8, 4) is 11.5 Å². The second-order valence-electron chi connectivity index (χ2n) is 7.17. The van der Waals surface area contributed by atoms with Gasteiger partial charge >= 0.3 is 0 Å². The highest BCUT2D eigenvalue weighted by atomic mass is 16.5. The van der Waals surface area contributed by atoms with Crippen LogP contribution in [0.3, 0.4) is 0 Å². The fraction of sp³-hybridized carbons (Fsp3) is 0.318. The van der Waals surface area contributed by atoms with Gasteiger partial charge in [-0.05, 0) is 18.2 Å². The first kappa shape index (κ1) is 19.9. The molecule has 3 aromatic rings. The number of rotatable bonds is 5. The average Bonchev–Trinajstić information content (AvgIpc) is 2.79. The van der Waals surface area contributed by atoms with E-state index in [1.54, 1.807) is 19.2 Å². The van der Waals surface area contributed by atoms with Crippen molar-refractivity contribution in [3.63, 3.8) is 0 Å². The zero-order valence-corrected chi connectivity index (χ0v) is 17.1. The number of methoxy groups -OCH3 is 2. The van der Waals surface area contributed by atoms with Crippen LogP contribution in [0.5, 0.6) is 11.5 Å². The molecule has 2 heterocycles. The number of carbonyl (C=O) groups excluding carboxylic acids is 1. The number of fused-ring (bicyclic) bond motifs is 1. The Balaban J connectivity index is 1.46. The third-order valence-corrected chi connectivity index (χ3v) is 5.31. The zero-order chi connectivity index (χ0) is 21.1. The molecule has 1 amide bonds. The quantitative estimate of drug-likeness (QED) is 0.694. The van der Waals surface area contributed by atoms with E-state index in [1.165, 1.54) is 7.11 Å². The highest BCUT2D eigenvalue weighted by molar-refractivity contribution is 5.94. The molecule has 1 aliphatic heterocycles. The summed E-state index contributed by atoms with van der Waals surface area (Å²) < 4.78 is 10.6. The lowest BCUT2D eigenvalue weighted by Crippen LogP contribution is -2.48. The summed E-state index contributed by atoms with van der Waals surface area (Å²) in [6.45, 7) is 3.21. The molecule has 30 heavy (non-hydrogen) atoms. The first-order chi connectivity index (χ1) is 14.6. The largest absolute Gasteiger partial charge is 0.493 e.